The minimum absolute atomic E-state index is 0.371. The zero-order valence-corrected chi connectivity index (χ0v) is 20.8. The van der Waals surface area contributed by atoms with Crippen molar-refractivity contribution < 1.29 is 14.3 Å². The average molecular weight is 481 g/mol. The minimum Gasteiger partial charge on any atom is -0.492 e. The Bertz CT molecular complexity index is 1040. The van der Waals surface area contributed by atoms with Crippen LogP contribution >= 0.6 is 11.6 Å². The van der Waals surface area contributed by atoms with Gasteiger partial charge in [0, 0.05) is 18.0 Å². The second kappa shape index (κ2) is 13.7. The highest BCUT2D eigenvalue weighted by Crippen LogP contribution is 2.27. The highest BCUT2D eigenvalue weighted by atomic mass is 35.5. The summed E-state index contributed by atoms with van der Waals surface area (Å²) in [5.41, 5.74) is 2.35. The number of halogens is 1. The summed E-state index contributed by atoms with van der Waals surface area (Å²) in [5.74, 6) is 1.19. The molecule has 0 unspecified atom stereocenters. The molecule has 0 N–H and O–H groups in total. The fourth-order valence-corrected chi connectivity index (χ4v) is 3.80. The van der Waals surface area contributed by atoms with Crippen LogP contribution in [-0.4, -0.2) is 22.5 Å². The number of hydrogen-bond donors (Lipinski definition) is 0. The Hall–Kier alpha value is -2.92. The van der Waals surface area contributed by atoms with E-state index in [-0.39, 0.29) is 0 Å². The Balaban J connectivity index is 1.51. The van der Waals surface area contributed by atoms with Crippen LogP contribution in [0.25, 0.3) is 11.4 Å². The normalized spacial score (nSPS) is 10.8. The summed E-state index contributed by atoms with van der Waals surface area (Å²) in [5, 5.41) is 0.402. The molecule has 5 nitrogen and oxygen atoms in total. The van der Waals surface area contributed by atoms with Crippen molar-refractivity contribution in [2.75, 3.05) is 6.61 Å². The summed E-state index contributed by atoms with van der Waals surface area (Å²) in [6.07, 6.45) is 12.9. The molecule has 0 fully saturated rings. The van der Waals surface area contributed by atoms with Crippen LogP contribution in [0.1, 0.15) is 74.7 Å². The van der Waals surface area contributed by atoms with Gasteiger partial charge in [0.1, 0.15) is 11.5 Å². The van der Waals surface area contributed by atoms with E-state index in [2.05, 4.69) is 23.8 Å². The Morgan fingerprint density at radius 1 is 0.882 bits per heavy atom. The van der Waals surface area contributed by atoms with E-state index in [1.54, 1.807) is 30.3 Å². The smallest absolute Gasteiger partial charge is 0.343 e. The fraction of sp³-hybridized carbons (Fsp3) is 0.393. The molecule has 3 aromatic rings. The Kier molecular flexibility index (Phi) is 10.4. The predicted octanol–water partition coefficient (Wildman–Crippen LogP) is 7.71. The molecule has 0 amide bonds. The molecule has 1 heterocycles. The Labute approximate surface area is 207 Å². The lowest BCUT2D eigenvalue weighted by atomic mass is 10.1. The lowest BCUT2D eigenvalue weighted by Gasteiger charge is -2.10. The van der Waals surface area contributed by atoms with Crippen LogP contribution in [0.4, 0.5) is 0 Å². The van der Waals surface area contributed by atoms with E-state index in [9.17, 15) is 4.79 Å². The Morgan fingerprint density at radius 2 is 1.59 bits per heavy atom. The minimum atomic E-state index is -0.475. The molecule has 180 valence electrons. The molecule has 3 rings (SSSR count). The first kappa shape index (κ1) is 25.7. The first-order chi connectivity index (χ1) is 16.6. The number of hydrogen-bond acceptors (Lipinski definition) is 5. The van der Waals surface area contributed by atoms with Gasteiger partial charge in [-0.2, -0.15) is 0 Å². The van der Waals surface area contributed by atoms with Gasteiger partial charge in [-0.25, -0.2) is 14.8 Å². The molecule has 2 aromatic carbocycles. The number of aromatic nitrogens is 2. The first-order valence-corrected chi connectivity index (χ1v) is 12.5. The first-order valence-electron chi connectivity index (χ1n) is 12.2. The molecule has 0 aliphatic carbocycles. The van der Waals surface area contributed by atoms with Crippen molar-refractivity contribution >= 4 is 17.6 Å². The van der Waals surface area contributed by atoms with Crippen LogP contribution in [0.2, 0.25) is 5.02 Å². The van der Waals surface area contributed by atoms with Crippen molar-refractivity contribution in [2.45, 2.75) is 65.2 Å². The molecular weight excluding hydrogens is 448 g/mol. The Morgan fingerprint density at radius 3 is 2.26 bits per heavy atom. The van der Waals surface area contributed by atoms with Crippen molar-refractivity contribution in [3.63, 3.8) is 0 Å². The van der Waals surface area contributed by atoms with Crippen LogP contribution in [0.3, 0.4) is 0 Å². The summed E-state index contributed by atoms with van der Waals surface area (Å²) < 4.78 is 11.3. The van der Waals surface area contributed by atoms with Gasteiger partial charge in [-0.3, -0.25) is 0 Å². The van der Waals surface area contributed by atoms with Crippen LogP contribution in [0.5, 0.6) is 11.5 Å². The maximum absolute atomic E-state index is 12.6. The van der Waals surface area contributed by atoms with Gasteiger partial charge in [0.25, 0.3) is 0 Å². The lowest BCUT2D eigenvalue weighted by Crippen LogP contribution is -2.08. The number of nitrogens with zero attached hydrogens (tertiary/aromatic N) is 2. The molecular formula is C28H33ClN2O3. The van der Waals surface area contributed by atoms with Crippen molar-refractivity contribution in [3.05, 3.63) is 71.0 Å². The second-order valence-corrected chi connectivity index (χ2v) is 8.75. The quantitative estimate of drug-likeness (QED) is 0.142. The van der Waals surface area contributed by atoms with Crippen molar-refractivity contribution in [3.8, 4) is 22.9 Å². The van der Waals surface area contributed by atoms with E-state index in [0.717, 1.165) is 36.8 Å². The molecule has 0 radical (unpaired) electrons. The average Bonchev–Trinajstić information content (AvgIpc) is 2.85. The predicted molar refractivity (Wildman–Crippen MR) is 137 cm³/mol. The molecule has 0 spiro atoms. The number of ether oxygens (including phenoxy) is 2. The second-order valence-electron chi connectivity index (χ2n) is 8.34. The largest absolute Gasteiger partial charge is 0.492 e. The third-order valence-corrected chi connectivity index (χ3v) is 5.79. The van der Waals surface area contributed by atoms with Crippen LogP contribution < -0.4 is 9.47 Å². The number of aryl methyl sites for hydroxylation is 1. The fourth-order valence-electron chi connectivity index (χ4n) is 3.57. The third-order valence-electron chi connectivity index (χ3n) is 5.49. The number of unbranched alkanes of at least 4 members (excludes halogenated alkanes) is 5. The van der Waals surface area contributed by atoms with Crippen LogP contribution in [-0.2, 0) is 6.42 Å². The number of rotatable bonds is 13. The lowest BCUT2D eigenvalue weighted by molar-refractivity contribution is 0.0734. The highest BCUT2D eigenvalue weighted by Gasteiger charge is 2.12. The van der Waals surface area contributed by atoms with Crippen molar-refractivity contribution in [1.82, 2.24) is 9.97 Å². The van der Waals surface area contributed by atoms with Gasteiger partial charge in [0.2, 0.25) is 0 Å². The number of benzene rings is 2. The van der Waals surface area contributed by atoms with E-state index in [4.69, 9.17) is 21.1 Å². The van der Waals surface area contributed by atoms with E-state index >= 15 is 0 Å². The maximum Gasteiger partial charge on any atom is 0.343 e. The molecule has 34 heavy (non-hydrogen) atoms. The standard InChI is InChI=1S/C28H33ClN2O3/c1-3-5-6-7-8-9-17-33-26-16-13-23(18-25(26)29)28(32)34-24-14-11-22(12-15-24)27-30-19-21(10-4-2)20-31-27/h11-16,18-20H,3-10,17H2,1-2H3. The highest BCUT2D eigenvalue weighted by molar-refractivity contribution is 6.32. The van der Waals surface area contributed by atoms with Crippen LogP contribution in [0, 0.1) is 0 Å². The molecule has 0 saturated carbocycles. The summed E-state index contributed by atoms with van der Waals surface area (Å²) >= 11 is 6.33. The zero-order chi connectivity index (χ0) is 24.2. The third kappa shape index (κ3) is 7.84. The monoisotopic (exact) mass is 480 g/mol. The SMILES string of the molecule is CCCCCCCCOc1ccc(C(=O)Oc2ccc(-c3ncc(CCC)cn3)cc2)cc1Cl. The van der Waals surface area contributed by atoms with Gasteiger partial charge in [-0.05, 0) is 60.9 Å². The van der Waals surface area contributed by atoms with Gasteiger partial charge >= 0.3 is 5.97 Å². The molecule has 0 bridgehead atoms. The summed E-state index contributed by atoms with van der Waals surface area (Å²) in [7, 11) is 0. The van der Waals surface area contributed by atoms with Gasteiger partial charge in [0.05, 0.1) is 17.2 Å². The van der Waals surface area contributed by atoms with Gasteiger partial charge < -0.3 is 9.47 Å². The van der Waals surface area contributed by atoms with Crippen LogP contribution in [0.15, 0.2) is 54.9 Å². The van der Waals surface area contributed by atoms with E-state index in [0.29, 0.717) is 34.5 Å². The van der Waals surface area contributed by atoms with Crippen molar-refractivity contribution in [2.24, 2.45) is 0 Å². The van der Waals surface area contributed by atoms with Crippen molar-refractivity contribution in [1.29, 1.82) is 0 Å². The van der Waals surface area contributed by atoms with E-state index < -0.39 is 5.97 Å². The summed E-state index contributed by atoms with van der Waals surface area (Å²) in [6.45, 7) is 4.96. The van der Waals surface area contributed by atoms with Gasteiger partial charge in [-0.15, -0.1) is 0 Å². The van der Waals surface area contributed by atoms with E-state index in [1.165, 1.54) is 25.7 Å². The van der Waals surface area contributed by atoms with E-state index in [1.807, 2.05) is 24.5 Å². The number of carbonyl (C=O) groups is 1. The number of esters is 1. The molecule has 0 atom stereocenters. The molecule has 1 aromatic heterocycles. The van der Waals surface area contributed by atoms with Gasteiger partial charge in [-0.1, -0.05) is 64.0 Å². The molecule has 0 aliphatic rings. The summed E-state index contributed by atoms with van der Waals surface area (Å²) in [6, 6.07) is 12.1. The molecule has 0 saturated heterocycles. The molecule has 6 heteroatoms. The number of carbonyl (C=O) groups excluding carboxylic acids is 1. The summed E-state index contributed by atoms with van der Waals surface area (Å²) in [4.78, 5) is 21.4. The zero-order valence-electron chi connectivity index (χ0n) is 20.1. The maximum atomic E-state index is 12.6. The van der Waals surface area contributed by atoms with Gasteiger partial charge in [0.15, 0.2) is 5.82 Å². The topological polar surface area (TPSA) is 61.3 Å². The molecule has 0 aliphatic heterocycles.